The topological polar surface area (TPSA) is 96.3 Å². The van der Waals surface area contributed by atoms with Gasteiger partial charge in [-0.2, -0.15) is 5.26 Å². The molecule has 1 amide bonds. The molecule has 0 unspecified atom stereocenters. The molecule has 186 valence electrons. The number of amides is 1. The predicted octanol–water partition coefficient (Wildman–Crippen LogP) is 6.20. The molecule has 7 nitrogen and oxygen atoms in total. The van der Waals surface area contributed by atoms with Crippen LogP contribution in [0.15, 0.2) is 54.7 Å². The summed E-state index contributed by atoms with van der Waals surface area (Å²) in [4.78, 5) is 16.7. The first-order chi connectivity index (χ1) is 17.4. The van der Waals surface area contributed by atoms with Gasteiger partial charge in [0.15, 0.2) is 17.3 Å². The minimum atomic E-state index is -0.920. The summed E-state index contributed by atoms with van der Waals surface area (Å²) < 4.78 is 39.8. The van der Waals surface area contributed by atoms with Gasteiger partial charge >= 0.3 is 0 Å². The molecule has 36 heavy (non-hydrogen) atoms. The molecule has 0 aliphatic carbocycles. The van der Waals surface area contributed by atoms with Gasteiger partial charge < -0.3 is 20.1 Å². The number of unbranched alkanes of at least 4 members (excludes halogenated alkanes) is 2. The van der Waals surface area contributed by atoms with Gasteiger partial charge in [-0.05, 0) is 36.8 Å². The summed E-state index contributed by atoms with van der Waals surface area (Å²) in [6.07, 6.45) is 7.05. The van der Waals surface area contributed by atoms with E-state index in [0.29, 0.717) is 35.3 Å². The first kappa shape index (κ1) is 26.2. The molecule has 1 aromatic heterocycles. The number of carbonyl (C=O) groups excluding carboxylic acids is 1. The van der Waals surface area contributed by atoms with Gasteiger partial charge in [-0.3, -0.25) is 4.79 Å². The van der Waals surface area contributed by atoms with Crippen LogP contribution in [0.1, 0.15) is 37.3 Å². The fourth-order valence-corrected chi connectivity index (χ4v) is 3.31. The largest absolute Gasteiger partial charge is 0.493 e. The highest BCUT2D eigenvalue weighted by Crippen LogP contribution is 2.33. The highest BCUT2D eigenvalue weighted by Gasteiger charge is 2.15. The van der Waals surface area contributed by atoms with Crippen molar-refractivity contribution in [1.82, 2.24) is 4.98 Å². The number of benzene rings is 2. The minimum Gasteiger partial charge on any atom is -0.493 e. The van der Waals surface area contributed by atoms with Gasteiger partial charge in [0.1, 0.15) is 23.4 Å². The number of nitrogens with one attached hydrogen (secondary N) is 2. The number of ether oxygens (including phenoxy) is 2. The van der Waals surface area contributed by atoms with Crippen molar-refractivity contribution in [2.75, 3.05) is 24.4 Å². The van der Waals surface area contributed by atoms with Crippen LogP contribution in [-0.4, -0.2) is 24.6 Å². The molecular formula is C27H26F2N4O3. The molecule has 0 radical (unpaired) electrons. The fourth-order valence-electron chi connectivity index (χ4n) is 3.31. The minimum absolute atomic E-state index is 0.116. The molecule has 0 aliphatic rings. The van der Waals surface area contributed by atoms with Crippen LogP contribution in [0.4, 0.5) is 26.0 Å². The van der Waals surface area contributed by atoms with Gasteiger partial charge in [-0.25, -0.2) is 13.8 Å². The second-order valence-electron chi connectivity index (χ2n) is 7.74. The van der Waals surface area contributed by atoms with Crippen molar-refractivity contribution in [3.63, 3.8) is 0 Å². The first-order valence-corrected chi connectivity index (χ1v) is 11.4. The third-order valence-corrected chi connectivity index (χ3v) is 5.10. The predicted molar refractivity (Wildman–Crippen MR) is 134 cm³/mol. The lowest BCUT2D eigenvalue weighted by molar-refractivity contribution is -0.111. The smallest absolute Gasteiger partial charge is 0.248 e. The number of anilines is 3. The van der Waals surface area contributed by atoms with Crippen molar-refractivity contribution < 1.29 is 23.0 Å². The molecule has 0 spiro atoms. The standard InChI is InChI=1S/C27H26F2N4O3/c1-3-4-5-13-36-27-19(7-6-8-23(27)35-2)10-12-25(34)32-22-15-20(28)14-21(29)26(22)33-24-11-9-18(16-30)17-31-24/h6-12,14-15,17H,3-5,13H2,1-2H3,(H,31,33)(H,32,34). The summed E-state index contributed by atoms with van der Waals surface area (Å²) in [5.41, 5.74) is 0.656. The molecule has 0 atom stereocenters. The maximum absolute atomic E-state index is 14.6. The zero-order valence-corrected chi connectivity index (χ0v) is 20.0. The fraction of sp³-hybridized carbons (Fsp3) is 0.222. The maximum Gasteiger partial charge on any atom is 0.248 e. The van der Waals surface area contributed by atoms with E-state index in [4.69, 9.17) is 14.7 Å². The molecule has 0 fully saturated rings. The van der Waals surface area contributed by atoms with E-state index in [-0.39, 0.29) is 17.2 Å². The Bertz CT molecular complexity index is 1270. The second kappa shape index (κ2) is 12.9. The van der Waals surface area contributed by atoms with Crippen LogP contribution < -0.4 is 20.1 Å². The van der Waals surface area contributed by atoms with Crippen LogP contribution in [0.25, 0.3) is 6.08 Å². The van der Waals surface area contributed by atoms with Crippen molar-refractivity contribution in [2.45, 2.75) is 26.2 Å². The maximum atomic E-state index is 14.6. The third kappa shape index (κ3) is 7.03. The van der Waals surface area contributed by atoms with Gasteiger partial charge in [-0.15, -0.1) is 0 Å². The Kier molecular flexibility index (Phi) is 9.34. The molecule has 3 aromatic rings. The molecule has 0 aliphatic heterocycles. The van der Waals surface area contributed by atoms with Crippen LogP contribution in [0, 0.1) is 23.0 Å². The van der Waals surface area contributed by atoms with E-state index in [0.717, 1.165) is 25.3 Å². The highest BCUT2D eigenvalue weighted by molar-refractivity contribution is 6.04. The van der Waals surface area contributed by atoms with Gasteiger partial charge in [0, 0.05) is 23.9 Å². The lowest BCUT2D eigenvalue weighted by Crippen LogP contribution is -2.11. The number of pyridine rings is 1. The Morgan fingerprint density at radius 1 is 1.19 bits per heavy atom. The zero-order valence-electron chi connectivity index (χ0n) is 20.0. The van der Waals surface area contributed by atoms with Crippen LogP contribution in [0.3, 0.4) is 0 Å². The van der Waals surface area contributed by atoms with Crippen molar-refractivity contribution in [2.24, 2.45) is 0 Å². The number of rotatable bonds is 11. The molecule has 0 saturated heterocycles. The van der Waals surface area contributed by atoms with E-state index < -0.39 is 17.5 Å². The van der Waals surface area contributed by atoms with Crippen LogP contribution >= 0.6 is 0 Å². The lowest BCUT2D eigenvalue weighted by Gasteiger charge is -2.14. The lowest BCUT2D eigenvalue weighted by atomic mass is 10.1. The summed E-state index contributed by atoms with van der Waals surface area (Å²) in [6.45, 7) is 2.60. The quantitative estimate of drug-likeness (QED) is 0.244. The molecule has 9 heteroatoms. The molecule has 3 rings (SSSR count). The van der Waals surface area contributed by atoms with Crippen molar-refractivity contribution >= 4 is 29.2 Å². The van der Waals surface area contributed by atoms with E-state index in [2.05, 4.69) is 22.5 Å². The summed E-state index contributed by atoms with van der Waals surface area (Å²) in [5.74, 6) is -1.15. The molecular weight excluding hydrogens is 466 g/mol. The molecule has 0 bridgehead atoms. The Morgan fingerprint density at radius 3 is 2.72 bits per heavy atom. The first-order valence-electron chi connectivity index (χ1n) is 11.4. The zero-order chi connectivity index (χ0) is 25.9. The monoisotopic (exact) mass is 492 g/mol. The summed E-state index contributed by atoms with van der Waals surface area (Å²) in [6, 6.07) is 11.9. The van der Waals surface area contributed by atoms with E-state index in [1.807, 2.05) is 6.07 Å². The number of aromatic nitrogens is 1. The van der Waals surface area contributed by atoms with Crippen LogP contribution in [-0.2, 0) is 4.79 Å². The Balaban J connectivity index is 1.80. The van der Waals surface area contributed by atoms with E-state index in [1.165, 1.54) is 37.6 Å². The van der Waals surface area contributed by atoms with Gasteiger partial charge in [0.2, 0.25) is 5.91 Å². The molecule has 0 saturated carbocycles. The number of hydrogen-bond donors (Lipinski definition) is 2. The normalized spacial score (nSPS) is 10.6. The van der Waals surface area contributed by atoms with Crippen LogP contribution in [0.2, 0.25) is 0 Å². The summed E-state index contributed by atoms with van der Waals surface area (Å²) >= 11 is 0. The number of para-hydroxylation sites is 1. The van der Waals surface area contributed by atoms with Crippen molar-refractivity contribution in [3.8, 4) is 17.6 Å². The Labute approximate surface area is 208 Å². The number of halogens is 2. The van der Waals surface area contributed by atoms with Crippen LogP contribution in [0.5, 0.6) is 11.5 Å². The van der Waals surface area contributed by atoms with E-state index in [1.54, 1.807) is 18.2 Å². The van der Waals surface area contributed by atoms with Crippen molar-refractivity contribution in [1.29, 1.82) is 5.26 Å². The van der Waals surface area contributed by atoms with Crippen molar-refractivity contribution in [3.05, 3.63) is 77.5 Å². The number of methoxy groups -OCH3 is 1. The third-order valence-electron chi connectivity index (χ3n) is 5.10. The SMILES string of the molecule is CCCCCOc1c(C=CC(=O)Nc2cc(F)cc(F)c2Nc2ccc(C#N)cn2)cccc1OC. The Hall–Kier alpha value is -4.45. The number of carbonyl (C=O) groups is 1. The average molecular weight is 493 g/mol. The Morgan fingerprint density at radius 2 is 2.03 bits per heavy atom. The van der Waals surface area contributed by atoms with Gasteiger partial charge in [0.25, 0.3) is 0 Å². The number of hydrogen-bond acceptors (Lipinski definition) is 6. The van der Waals surface area contributed by atoms with E-state index >= 15 is 0 Å². The van der Waals surface area contributed by atoms with E-state index in [9.17, 15) is 13.6 Å². The number of nitriles is 1. The van der Waals surface area contributed by atoms with Gasteiger partial charge in [0.05, 0.1) is 25.0 Å². The molecule has 1 heterocycles. The second-order valence-corrected chi connectivity index (χ2v) is 7.74. The number of nitrogens with zero attached hydrogens (tertiary/aromatic N) is 2. The average Bonchev–Trinajstić information content (AvgIpc) is 2.88. The summed E-state index contributed by atoms with van der Waals surface area (Å²) in [7, 11) is 1.53. The molecule has 2 N–H and O–H groups in total. The summed E-state index contributed by atoms with van der Waals surface area (Å²) in [5, 5.41) is 14.1. The highest BCUT2D eigenvalue weighted by atomic mass is 19.1. The van der Waals surface area contributed by atoms with Gasteiger partial charge in [-0.1, -0.05) is 31.9 Å². The molecule has 2 aromatic carbocycles.